The summed E-state index contributed by atoms with van der Waals surface area (Å²) >= 11 is 0. The molecule has 0 bridgehead atoms. The lowest BCUT2D eigenvalue weighted by Crippen LogP contribution is -2.42. The lowest BCUT2D eigenvalue weighted by molar-refractivity contribution is -0.118. The standard InChI is InChI=1S/C28H33N3O2/c1-18-15-16-22(31-28(33)26(29)21-10-4-3-5-11-21)17-25(18)27(32)30-19(2)23-14-8-12-20-9-6-7-13-24(20)23/h6-9,12-17,19,21,26H,3-5,10-11,29H2,1-2H3,(H,30,32)(H,31,33)/t19-,26-/m1/s1. The third-order valence-corrected chi connectivity index (χ3v) is 6.85. The lowest BCUT2D eigenvalue weighted by Gasteiger charge is -2.26. The Morgan fingerprint density at radius 2 is 1.70 bits per heavy atom. The number of benzene rings is 3. The fraction of sp³-hybridized carbons (Fsp3) is 0.357. The van der Waals surface area contributed by atoms with E-state index in [4.69, 9.17) is 5.73 Å². The number of hydrogen-bond acceptors (Lipinski definition) is 3. The van der Waals surface area contributed by atoms with Crippen LogP contribution in [-0.4, -0.2) is 17.9 Å². The molecule has 1 fully saturated rings. The van der Waals surface area contributed by atoms with Crippen LogP contribution in [0.3, 0.4) is 0 Å². The van der Waals surface area contributed by atoms with Gasteiger partial charge in [-0.1, -0.05) is 67.8 Å². The zero-order valence-corrected chi connectivity index (χ0v) is 19.4. The number of carbonyl (C=O) groups is 2. The summed E-state index contributed by atoms with van der Waals surface area (Å²) in [5.74, 6) is -0.115. The predicted molar refractivity (Wildman–Crippen MR) is 134 cm³/mol. The second kappa shape index (κ2) is 10.2. The summed E-state index contributed by atoms with van der Waals surface area (Å²) in [4.78, 5) is 25.9. The third-order valence-electron chi connectivity index (χ3n) is 6.85. The Hall–Kier alpha value is -3.18. The first kappa shape index (κ1) is 23.0. The Kier molecular flexibility index (Phi) is 7.09. The summed E-state index contributed by atoms with van der Waals surface area (Å²) < 4.78 is 0. The van der Waals surface area contributed by atoms with Crippen molar-refractivity contribution in [3.63, 3.8) is 0 Å². The molecular formula is C28H33N3O2. The van der Waals surface area contributed by atoms with E-state index in [9.17, 15) is 9.59 Å². The van der Waals surface area contributed by atoms with Crippen molar-refractivity contribution in [2.75, 3.05) is 5.32 Å². The van der Waals surface area contributed by atoms with Gasteiger partial charge in [0.1, 0.15) is 0 Å². The number of aryl methyl sites for hydroxylation is 1. The van der Waals surface area contributed by atoms with Crippen LogP contribution < -0.4 is 16.4 Å². The molecule has 3 aromatic rings. The molecule has 172 valence electrons. The minimum absolute atomic E-state index is 0.166. The van der Waals surface area contributed by atoms with Crippen LogP contribution in [0, 0.1) is 12.8 Å². The maximum absolute atomic E-state index is 13.2. The maximum atomic E-state index is 13.2. The zero-order chi connectivity index (χ0) is 23.4. The number of anilines is 1. The predicted octanol–water partition coefficient (Wildman–Crippen LogP) is 5.49. The lowest BCUT2D eigenvalue weighted by atomic mass is 9.84. The minimum Gasteiger partial charge on any atom is -0.345 e. The Bertz CT molecular complexity index is 1150. The van der Waals surface area contributed by atoms with Gasteiger partial charge in [-0.3, -0.25) is 9.59 Å². The van der Waals surface area contributed by atoms with E-state index in [1.807, 2.05) is 50.2 Å². The molecule has 0 aliphatic heterocycles. The summed E-state index contributed by atoms with van der Waals surface area (Å²) in [6.07, 6.45) is 5.49. The van der Waals surface area contributed by atoms with Crippen LogP contribution in [0.2, 0.25) is 0 Å². The first-order chi connectivity index (χ1) is 15.9. The summed E-state index contributed by atoms with van der Waals surface area (Å²) in [6.45, 7) is 3.89. The number of nitrogens with one attached hydrogen (secondary N) is 2. The number of fused-ring (bicyclic) bond motifs is 1. The molecule has 2 amide bonds. The molecule has 1 aliphatic carbocycles. The highest BCUT2D eigenvalue weighted by atomic mass is 16.2. The van der Waals surface area contributed by atoms with Crippen molar-refractivity contribution in [2.45, 2.75) is 58.0 Å². The Morgan fingerprint density at radius 1 is 0.970 bits per heavy atom. The molecule has 4 N–H and O–H groups in total. The van der Waals surface area contributed by atoms with Gasteiger partial charge in [-0.15, -0.1) is 0 Å². The highest BCUT2D eigenvalue weighted by Gasteiger charge is 2.26. The van der Waals surface area contributed by atoms with Crippen molar-refractivity contribution in [1.29, 1.82) is 0 Å². The average molecular weight is 444 g/mol. The Morgan fingerprint density at radius 3 is 2.48 bits per heavy atom. The summed E-state index contributed by atoms with van der Waals surface area (Å²) in [6, 6.07) is 19.0. The van der Waals surface area contributed by atoms with Crippen LogP contribution >= 0.6 is 0 Å². The second-order valence-electron chi connectivity index (χ2n) is 9.21. The van der Waals surface area contributed by atoms with Gasteiger partial charge in [0.15, 0.2) is 0 Å². The first-order valence-electron chi connectivity index (χ1n) is 11.9. The zero-order valence-electron chi connectivity index (χ0n) is 19.4. The monoisotopic (exact) mass is 443 g/mol. The molecule has 3 aromatic carbocycles. The van der Waals surface area contributed by atoms with Crippen LogP contribution in [-0.2, 0) is 4.79 Å². The molecule has 5 heteroatoms. The molecule has 1 saturated carbocycles. The van der Waals surface area contributed by atoms with Crippen LogP contribution in [0.15, 0.2) is 60.7 Å². The van der Waals surface area contributed by atoms with Crippen LogP contribution in [0.1, 0.15) is 66.6 Å². The molecule has 0 unspecified atom stereocenters. The van der Waals surface area contributed by atoms with Crippen molar-refractivity contribution in [2.24, 2.45) is 11.7 Å². The largest absolute Gasteiger partial charge is 0.345 e. The van der Waals surface area contributed by atoms with Crippen LogP contribution in [0.4, 0.5) is 5.69 Å². The number of hydrogen-bond donors (Lipinski definition) is 3. The summed E-state index contributed by atoms with van der Waals surface area (Å²) in [5, 5.41) is 8.32. The van der Waals surface area contributed by atoms with Gasteiger partial charge in [-0.05, 0) is 66.6 Å². The van der Waals surface area contributed by atoms with E-state index in [1.54, 1.807) is 6.07 Å². The van der Waals surface area contributed by atoms with Crippen molar-refractivity contribution < 1.29 is 9.59 Å². The van der Waals surface area contributed by atoms with Crippen LogP contribution in [0.25, 0.3) is 10.8 Å². The van der Waals surface area contributed by atoms with E-state index in [0.29, 0.717) is 11.3 Å². The SMILES string of the molecule is Cc1ccc(NC(=O)[C@H](N)C2CCCCC2)cc1C(=O)N[C@H](C)c1cccc2ccccc12. The van der Waals surface area contributed by atoms with Crippen molar-refractivity contribution in [3.05, 3.63) is 77.4 Å². The number of nitrogens with two attached hydrogens (primary N) is 1. The van der Waals surface area contributed by atoms with Gasteiger partial charge in [0, 0.05) is 11.3 Å². The van der Waals surface area contributed by atoms with Gasteiger partial charge in [-0.2, -0.15) is 0 Å². The molecule has 0 saturated heterocycles. The fourth-order valence-electron chi connectivity index (χ4n) is 4.86. The Balaban J connectivity index is 1.47. The first-order valence-corrected chi connectivity index (χ1v) is 11.9. The maximum Gasteiger partial charge on any atom is 0.252 e. The molecule has 5 nitrogen and oxygen atoms in total. The second-order valence-corrected chi connectivity index (χ2v) is 9.21. The highest BCUT2D eigenvalue weighted by molar-refractivity contribution is 6.00. The van der Waals surface area contributed by atoms with Gasteiger partial charge in [-0.25, -0.2) is 0 Å². The average Bonchev–Trinajstić information content (AvgIpc) is 2.84. The van der Waals surface area contributed by atoms with E-state index < -0.39 is 6.04 Å². The minimum atomic E-state index is -0.518. The molecule has 2 atom stereocenters. The smallest absolute Gasteiger partial charge is 0.252 e. The van der Waals surface area contributed by atoms with Crippen molar-refractivity contribution >= 4 is 28.3 Å². The number of amides is 2. The van der Waals surface area contributed by atoms with Gasteiger partial charge in [0.2, 0.25) is 5.91 Å². The highest BCUT2D eigenvalue weighted by Crippen LogP contribution is 2.27. The molecule has 0 aromatic heterocycles. The summed E-state index contributed by atoms with van der Waals surface area (Å²) in [5.41, 5.74) is 9.32. The number of rotatable bonds is 6. The number of carbonyl (C=O) groups excluding carboxylic acids is 2. The quantitative estimate of drug-likeness (QED) is 0.471. The van der Waals surface area contributed by atoms with E-state index in [1.165, 1.54) is 6.42 Å². The van der Waals surface area contributed by atoms with Crippen molar-refractivity contribution in [1.82, 2.24) is 5.32 Å². The van der Waals surface area contributed by atoms with E-state index >= 15 is 0 Å². The molecule has 0 spiro atoms. The van der Waals surface area contributed by atoms with Gasteiger partial charge < -0.3 is 16.4 Å². The molecular weight excluding hydrogens is 410 g/mol. The third kappa shape index (κ3) is 5.25. The van der Waals surface area contributed by atoms with E-state index in [-0.39, 0.29) is 23.8 Å². The van der Waals surface area contributed by atoms with E-state index in [2.05, 4.69) is 28.8 Å². The molecule has 33 heavy (non-hydrogen) atoms. The topological polar surface area (TPSA) is 84.2 Å². The van der Waals surface area contributed by atoms with E-state index in [0.717, 1.165) is 47.6 Å². The fourth-order valence-corrected chi connectivity index (χ4v) is 4.86. The molecule has 1 aliphatic rings. The molecule has 0 radical (unpaired) electrons. The van der Waals surface area contributed by atoms with Gasteiger partial charge in [0.05, 0.1) is 12.1 Å². The van der Waals surface area contributed by atoms with Crippen LogP contribution in [0.5, 0.6) is 0 Å². The van der Waals surface area contributed by atoms with Gasteiger partial charge >= 0.3 is 0 Å². The summed E-state index contributed by atoms with van der Waals surface area (Å²) in [7, 11) is 0. The van der Waals surface area contributed by atoms with Crippen molar-refractivity contribution in [3.8, 4) is 0 Å². The van der Waals surface area contributed by atoms with Gasteiger partial charge in [0.25, 0.3) is 5.91 Å². The molecule has 0 heterocycles. The normalized spacial score (nSPS) is 16.2. The molecule has 4 rings (SSSR count). The Labute approximate surface area is 195 Å².